The molecule has 260 valence electrons. The molecule has 0 spiro atoms. The van der Waals surface area contributed by atoms with Crippen molar-refractivity contribution in [1.29, 1.82) is 0 Å². The van der Waals surface area contributed by atoms with Crippen LogP contribution in [0.25, 0.3) is 0 Å². The third kappa shape index (κ3) is 11.7. The highest BCUT2D eigenvalue weighted by Gasteiger charge is 2.42. The van der Waals surface area contributed by atoms with E-state index in [9.17, 15) is 9.90 Å². The lowest BCUT2D eigenvalue weighted by molar-refractivity contribution is -0.208. The Kier molecular flexibility index (Phi) is 14.6. The van der Waals surface area contributed by atoms with E-state index >= 15 is 0 Å². The van der Waals surface area contributed by atoms with Gasteiger partial charge in [0.15, 0.2) is 6.10 Å². The van der Waals surface area contributed by atoms with Gasteiger partial charge in [0, 0.05) is 0 Å². The number of benzene rings is 5. The summed E-state index contributed by atoms with van der Waals surface area (Å²) in [5.74, 6) is -0.443. The quantitative estimate of drug-likeness (QED) is 0.0848. The molecule has 0 radical (unpaired) electrons. The van der Waals surface area contributed by atoms with Crippen LogP contribution >= 0.6 is 0 Å². The minimum atomic E-state index is -1.40. The molecule has 50 heavy (non-hydrogen) atoms. The largest absolute Gasteiger partial charge is 0.497 e. The van der Waals surface area contributed by atoms with Crippen molar-refractivity contribution < 1.29 is 38.3 Å². The average Bonchev–Trinajstić information content (AvgIpc) is 3.17. The Morgan fingerprint density at radius 1 is 0.500 bits per heavy atom. The summed E-state index contributed by atoms with van der Waals surface area (Å²) >= 11 is 0. The predicted molar refractivity (Wildman–Crippen MR) is 190 cm³/mol. The van der Waals surface area contributed by atoms with E-state index in [0.717, 1.165) is 33.6 Å². The molecular formula is C42H44O8. The lowest BCUT2D eigenvalue weighted by atomic mass is 10.0. The number of ether oxygens (including phenoxy) is 6. The number of hydrogen-bond donors (Lipinski definition) is 1. The van der Waals surface area contributed by atoms with Crippen LogP contribution in [0.1, 0.15) is 27.8 Å². The Morgan fingerprint density at radius 3 is 1.36 bits per heavy atom. The highest BCUT2D eigenvalue weighted by atomic mass is 16.6. The smallest absolute Gasteiger partial charge is 0.335 e. The predicted octanol–water partition coefficient (Wildman–Crippen LogP) is 7.64. The highest BCUT2D eigenvalue weighted by Crippen LogP contribution is 2.25. The van der Waals surface area contributed by atoms with Crippen molar-refractivity contribution in [2.75, 3.05) is 13.7 Å². The summed E-state index contributed by atoms with van der Waals surface area (Å²) in [5, 5.41) is 10.7. The van der Waals surface area contributed by atoms with Crippen LogP contribution in [-0.2, 0) is 61.5 Å². The molecule has 0 saturated carbocycles. The van der Waals surface area contributed by atoms with Crippen molar-refractivity contribution in [2.45, 2.75) is 57.5 Å². The lowest BCUT2D eigenvalue weighted by Crippen LogP contribution is -2.53. The number of carboxylic acid groups (broad SMARTS) is 1. The number of methoxy groups -OCH3 is 1. The molecule has 0 fully saturated rings. The van der Waals surface area contributed by atoms with Gasteiger partial charge in [0.2, 0.25) is 0 Å². The summed E-state index contributed by atoms with van der Waals surface area (Å²) in [4.78, 5) is 13.1. The standard InChI is InChI=1S/C42H44O8/c1-45-37-24-22-36(23-25-37)27-47-38(31-46-26-32-14-6-2-7-15-32)39(48-28-33-16-8-3-9-17-33)40(49-29-34-18-10-4-11-19-34)41(42(43)44)50-30-35-20-12-5-13-21-35/h2-25,38-41H,26-31H2,1H3,(H,43,44)/t38-,39-,40+,41-/m1/s1. The zero-order chi connectivity index (χ0) is 34.8. The highest BCUT2D eigenvalue weighted by molar-refractivity contribution is 5.73. The molecule has 0 unspecified atom stereocenters. The molecule has 4 atom stereocenters. The van der Waals surface area contributed by atoms with Crippen LogP contribution in [0, 0.1) is 0 Å². The van der Waals surface area contributed by atoms with Gasteiger partial charge in [-0.05, 0) is 39.9 Å². The molecular weight excluding hydrogens is 632 g/mol. The van der Waals surface area contributed by atoms with Gasteiger partial charge in [-0.15, -0.1) is 0 Å². The normalized spacial score (nSPS) is 13.6. The third-order valence-electron chi connectivity index (χ3n) is 8.09. The van der Waals surface area contributed by atoms with E-state index in [-0.39, 0.29) is 33.0 Å². The molecule has 0 aromatic heterocycles. The Bertz CT molecular complexity index is 1650. The maximum Gasteiger partial charge on any atom is 0.335 e. The molecule has 8 heteroatoms. The fourth-order valence-corrected chi connectivity index (χ4v) is 5.40. The second-order valence-electron chi connectivity index (χ2n) is 11.8. The average molecular weight is 677 g/mol. The van der Waals surface area contributed by atoms with Crippen molar-refractivity contribution in [3.05, 3.63) is 173 Å². The van der Waals surface area contributed by atoms with Crippen molar-refractivity contribution >= 4 is 5.97 Å². The van der Waals surface area contributed by atoms with Gasteiger partial charge >= 0.3 is 5.97 Å². The Morgan fingerprint density at radius 2 is 0.900 bits per heavy atom. The molecule has 0 aliphatic carbocycles. The molecule has 5 rings (SSSR count). The fraction of sp³-hybridized carbons (Fsp3) is 0.262. The number of rotatable bonds is 21. The fourth-order valence-electron chi connectivity index (χ4n) is 5.40. The van der Waals surface area contributed by atoms with Gasteiger partial charge in [-0.3, -0.25) is 0 Å². The van der Waals surface area contributed by atoms with Crippen LogP contribution in [0.3, 0.4) is 0 Å². The first-order valence-corrected chi connectivity index (χ1v) is 16.6. The van der Waals surface area contributed by atoms with E-state index in [1.807, 2.05) is 146 Å². The first-order chi connectivity index (χ1) is 24.6. The Balaban J connectivity index is 1.48. The SMILES string of the molecule is COc1ccc(CO[C@H](COCc2ccccc2)[C@@H](OCc2ccccc2)[C@H](OCc2ccccc2)[C@@H](OCc2ccccc2)C(=O)O)cc1. The van der Waals surface area contributed by atoms with Gasteiger partial charge in [-0.1, -0.05) is 133 Å². The van der Waals surface area contributed by atoms with Gasteiger partial charge in [-0.25, -0.2) is 4.79 Å². The topological polar surface area (TPSA) is 92.7 Å². The van der Waals surface area contributed by atoms with Gasteiger partial charge in [0.25, 0.3) is 0 Å². The lowest BCUT2D eigenvalue weighted by Gasteiger charge is -2.36. The minimum absolute atomic E-state index is 0.0658. The second kappa shape index (κ2) is 20.0. The summed E-state index contributed by atoms with van der Waals surface area (Å²) in [6, 6.07) is 46.2. The number of carbonyl (C=O) groups is 1. The van der Waals surface area contributed by atoms with Gasteiger partial charge in [0.1, 0.15) is 24.1 Å². The van der Waals surface area contributed by atoms with E-state index in [4.69, 9.17) is 28.4 Å². The van der Waals surface area contributed by atoms with Gasteiger partial charge < -0.3 is 33.5 Å². The van der Waals surface area contributed by atoms with Crippen molar-refractivity contribution in [1.82, 2.24) is 0 Å². The molecule has 5 aromatic carbocycles. The van der Waals surface area contributed by atoms with E-state index < -0.39 is 30.4 Å². The zero-order valence-electron chi connectivity index (χ0n) is 28.2. The second-order valence-corrected chi connectivity index (χ2v) is 11.8. The van der Waals surface area contributed by atoms with E-state index in [2.05, 4.69) is 0 Å². The van der Waals surface area contributed by atoms with Crippen molar-refractivity contribution in [2.24, 2.45) is 0 Å². The molecule has 0 saturated heterocycles. The molecule has 0 bridgehead atoms. The number of hydrogen-bond acceptors (Lipinski definition) is 7. The third-order valence-corrected chi connectivity index (χ3v) is 8.09. The van der Waals surface area contributed by atoms with Crippen LogP contribution in [0.2, 0.25) is 0 Å². The van der Waals surface area contributed by atoms with E-state index in [1.165, 1.54) is 0 Å². The summed E-state index contributed by atoms with van der Waals surface area (Å²) in [7, 11) is 1.62. The van der Waals surface area contributed by atoms with Gasteiger partial charge in [0.05, 0.1) is 46.8 Å². The maximum absolute atomic E-state index is 13.1. The molecule has 0 aliphatic heterocycles. The van der Waals surface area contributed by atoms with Crippen LogP contribution < -0.4 is 4.74 Å². The molecule has 0 heterocycles. The molecule has 0 amide bonds. The zero-order valence-corrected chi connectivity index (χ0v) is 28.2. The number of carboxylic acids is 1. The monoisotopic (exact) mass is 676 g/mol. The van der Waals surface area contributed by atoms with Crippen molar-refractivity contribution in [3.63, 3.8) is 0 Å². The summed E-state index contributed by atoms with van der Waals surface area (Å²) < 4.78 is 37.5. The van der Waals surface area contributed by atoms with E-state index in [1.54, 1.807) is 7.11 Å². The van der Waals surface area contributed by atoms with Crippen LogP contribution in [0.5, 0.6) is 5.75 Å². The summed E-state index contributed by atoms with van der Waals surface area (Å²) in [6.45, 7) is 1.02. The molecule has 0 aliphatic rings. The minimum Gasteiger partial charge on any atom is -0.497 e. The molecule has 8 nitrogen and oxygen atoms in total. The first-order valence-electron chi connectivity index (χ1n) is 16.6. The molecule has 1 N–H and O–H groups in total. The molecule has 5 aromatic rings. The Hall–Kier alpha value is -4.83. The van der Waals surface area contributed by atoms with E-state index in [0.29, 0.717) is 6.61 Å². The van der Waals surface area contributed by atoms with Crippen LogP contribution in [0.4, 0.5) is 0 Å². The van der Waals surface area contributed by atoms with Crippen LogP contribution in [0.15, 0.2) is 146 Å². The van der Waals surface area contributed by atoms with Crippen LogP contribution in [-0.4, -0.2) is 49.2 Å². The Labute approximate surface area is 294 Å². The van der Waals surface area contributed by atoms with Gasteiger partial charge in [-0.2, -0.15) is 0 Å². The van der Waals surface area contributed by atoms with Crippen molar-refractivity contribution in [3.8, 4) is 5.75 Å². The maximum atomic E-state index is 13.1. The summed E-state index contributed by atoms with van der Waals surface area (Å²) in [6.07, 6.45) is -4.18. The summed E-state index contributed by atoms with van der Waals surface area (Å²) in [5.41, 5.74) is 4.52. The first kappa shape index (κ1) is 36.5. The number of aliphatic carboxylic acids is 1.